The van der Waals surface area contributed by atoms with Crippen molar-refractivity contribution in [1.82, 2.24) is 10.6 Å². The van der Waals surface area contributed by atoms with Crippen LogP contribution >= 0.6 is 0 Å². The normalized spacial score (nSPS) is 12.3. The minimum absolute atomic E-state index is 0.0311. The Labute approximate surface area is 152 Å². The van der Waals surface area contributed by atoms with E-state index in [2.05, 4.69) is 15.6 Å². The molecule has 3 rings (SSSR count). The zero-order valence-corrected chi connectivity index (χ0v) is 14.4. The molecule has 3 N–H and O–H groups in total. The number of aliphatic imine (C=N–C) groups is 1. The van der Waals surface area contributed by atoms with Crippen molar-refractivity contribution in [3.63, 3.8) is 0 Å². The fourth-order valence-electron chi connectivity index (χ4n) is 2.79. The summed E-state index contributed by atoms with van der Waals surface area (Å²) >= 11 is 0. The van der Waals surface area contributed by atoms with Crippen molar-refractivity contribution in [3.8, 4) is 0 Å². The number of amidine groups is 1. The largest absolute Gasteiger partial charge is 0.396 e. The summed E-state index contributed by atoms with van der Waals surface area (Å²) in [5.74, 6) is 0.528. The van der Waals surface area contributed by atoms with Crippen molar-refractivity contribution < 1.29 is 14.7 Å². The molecular weight excluding hydrogens is 330 g/mol. The number of aliphatic hydroxyl groups excluding tert-OH is 1. The van der Waals surface area contributed by atoms with Gasteiger partial charge in [-0.25, -0.2) is 9.79 Å². The monoisotopic (exact) mass is 351 g/mol. The molecule has 6 nitrogen and oxygen atoms in total. The van der Waals surface area contributed by atoms with E-state index in [1.807, 2.05) is 24.3 Å². The number of amides is 2. The average molecular weight is 351 g/mol. The van der Waals surface area contributed by atoms with E-state index < -0.39 is 0 Å². The molecule has 2 aromatic carbocycles. The smallest absolute Gasteiger partial charge is 0.320 e. The van der Waals surface area contributed by atoms with Crippen LogP contribution in [0.25, 0.3) is 0 Å². The van der Waals surface area contributed by atoms with Gasteiger partial charge < -0.3 is 10.4 Å². The highest BCUT2D eigenvalue weighted by Gasteiger charge is 2.19. The highest BCUT2D eigenvalue weighted by atomic mass is 16.3. The Morgan fingerprint density at radius 3 is 2.62 bits per heavy atom. The van der Waals surface area contributed by atoms with E-state index in [1.54, 1.807) is 24.3 Å². The van der Waals surface area contributed by atoms with Crippen molar-refractivity contribution in [2.75, 3.05) is 13.2 Å². The second kappa shape index (κ2) is 8.40. The Hall–Kier alpha value is -2.99. The maximum atomic E-state index is 12.5. The minimum atomic E-state index is -0.310. The van der Waals surface area contributed by atoms with Gasteiger partial charge in [-0.05, 0) is 36.6 Å². The topological polar surface area (TPSA) is 90.8 Å². The molecule has 0 spiro atoms. The molecule has 2 aromatic rings. The lowest BCUT2D eigenvalue weighted by atomic mass is 10.00. The summed E-state index contributed by atoms with van der Waals surface area (Å²) in [5.41, 5.74) is 2.94. The Morgan fingerprint density at radius 2 is 1.85 bits per heavy atom. The van der Waals surface area contributed by atoms with Crippen molar-refractivity contribution in [1.29, 1.82) is 0 Å². The van der Waals surface area contributed by atoms with E-state index in [0.717, 1.165) is 17.7 Å². The second-order valence-electron chi connectivity index (χ2n) is 6.09. The molecule has 1 aliphatic rings. The second-order valence-corrected chi connectivity index (χ2v) is 6.09. The van der Waals surface area contributed by atoms with Gasteiger partial charge in [0.2, 0.25) is 0 Å². The number of benzene rings is 2. The van der Waals surface area contributed by atoms with Gasteiger partial charge in [0.15, 0.2) is 5.78 Å². The van der Waals surface area contributed by atoms with Crippen LogP contribution in [0, 0.1) is 0 Å². The summed E-state index contributed by atoms with van der Waals surface area (Å²) in [4.78, 5) is 28.8. The first-order chi connectivity index (χ1) is 12.7. The first-order valence-corrected chi connectivity index (χ1v) is 8.63. The lowest BCUT2D eigenvalue weighted by Gasteiger charge is -2.06. The lowest BCUT2D eigenvalue weighted by Crippen LogP contribution is -2.39. The molecule has 26 heavy (non-hydrogen) atoms. The average Bonchev–Trinajstić information content (AvgIpc) is 3.06. The number of carbonyl (C=O) groups excluding carboxylic acids is 2. The molecule has 0 fully saturated rings. The molecule has 0 bridgehead atoms. The number of nitrogens with zero attached hydrogens (tertiary/aromatic N) is 1. The van der Waals surface area contributed by atoms with Gasteiger partial charge in [-0.15, -0.1) is 0 Å². The maximum Gasteiger partial charge on any atom is 0.320 e. The van der Waals surface area contributed by atoms with Gasteiger partial charge >= 0.3 is 6.03 Å². The van der Waals surface area contributed by atoms with Crippen molar-refractivity contribution in [2.45, 2.75) is 19.3 Å². The predicted molar refractivity (Wildman–Crippen MR) is 100.0 cm³/mol. The van der Waals surface area contributed by atoms with Crippen LogP contribution in [0.3, 0.4) is 0 Å². The third-order valence-corrected chi connectivity index (χ3v) is 4.12. The maximum absolute atomic E-state index is 12.5. The van der Waals surface area contributed by atoms with Gasteiger partial charge in [0, 0.05) is 30.7 Å². The number of ketones is 1. The van der Waals surface area contributed by atoms with Crippen LogP contribution in [0.5, 0.6) is 0 Å². The molecular formula is C20H21N3O3. The lowest BCUT2D eigenvalue weighted by molar-refractivity contribution is 0.103. The van der Waals surface area contributed by atoms with Gasteiger partial charge in [0.1, 0.15) is 5.84 Å². The van der Waals surface area contributed by atoms with Crippen LogP contribution in [-0.2, 0) is 6.42 Å². The zero-order chi connectivity index (χ0) is 18.4. The Balaban J connectivity index is 1.60. The van der Waals surface area contributed by atoms with Crippen molar-refractivity contribution >= 4 is 23.3 Å². The van der Waals surface area contributed by atoms with E-state index in [-0.39, 0.29) is 18.4 Å². The molecule has 1 heterocycles. The fourth-order valence-corrected chi connectivity index (χ4v) is 2.79. The summed E-state index contributed by atoms with van der Waals surface area (Å²) in [7, 11) is 0. The predicted octanol–water partition coefficient (Wildman–Crippen LogP) is 2.58. The third kappa shape index (κ3) is 4.34. The van der Waals surface area contributed by atoms with Crippen molar-refractivity contribution in [3.05, 3.63) is 65.2 Å². The van der Waals surface area contributed by atoms with Crippen LogP contribution in [0.15, 0.2) is 53.5 Å². The Morgan fingerprint density at radius 1 is 1.04 bits per heavy atom. The van der Waals surface area contributed by atoms with E-state index >= 15 is 0 Å². The zero-order valence-electron chi connectivity index (χ0n) is 14.4. The van der Waals surface area contributed by atoms with Gasteiger partial charge in [-0.2, -0.15) is 0 Å². The number of carbonyl (C=O) groups is 2. The fraction of sp³-hybridized carbons (Fsp3) is 0.250. The number of aliphatic hydroxyl groups is 1. The molecule has 1 aliphatic heterocycles. The molecule has 0 aliphatic carbocycles. The quantitative estimate of drug-likeness (QED) is 0.552. The summed E-state index contributed by atoms with van der Waals surface area (Å²) in [6, 6.07) is 14.2. The first kappa shape index (κ1) is 17.8. The van der Waals surface area contributed by atoms with E-state index in [0.29, 0.717) is 36.3 Å². The van der Waals surface area contributed by atoms with Gasteiger partial charge in [0.05, 0.1) is 5.69 Å². The first-order valence-electron chi connectivity index (χ1n) is 8.63. The van der Waals surface area contributed by atoms with Crippen molar-refractivity contribution in [2.24, 2.45) is 4.99 Å². The van der Waals surface area contributed by atoms with Crippen LogP contribution in [0.2, 0.25) is 0 Å². The molecule has 0 saturated heterocycles. The van der Waals surface area contributed by atoms with E-state index in [1.165, 1.54) is 0 Å². The number of urea groups is 1. The number of hydrogen-bond acceptors (Lipinski definition) is 4. The Bertz CT molecular complexity index is 831. The molecule has 0 aromatic heterocycles. The SMILES string of the molecule is O=C(NCCCCO)NC1=Nc2ccc(C(=O)c3ccccc3)cc2C1. The minimum Gasteiger partial charge on any atom is -0.396 e. The number of nitrogens with one attached hydrogen (secondary N) is 2. The summed E-state index contributed by atoms with van der Waals surface area (Å²) in [5, 5.41) is 14.2. The number of rotatable bonds is 6. The molecule has 0 radical (unpaired) electrons. The van der Waals surface area contributed by atoms with E-state index in [9.17, 15) is 9.59 Å². The van der Waals surface area contributed by atoms with Crippen LogP contribution < -0.4 is 10.6 Å². The summed E-state index contributed by atoms with van der Waals surface area (Å²) in [6.45, 7) is 0.623. The van der Waals surface area contributed by atoms with Crippen LogP contribution in [0.4, 0.5) is 10.5 Å². The van der Waals surface area contributed by atoms with Crippen LogP contribution in [0.1, 0.15) is 34.3 Å². The van der Waals surface area contributed by atoms with Gasteiger partial charge in [-0.3, -0.25) is 10.1 Å². The van der Waals surface area contributed by atoms with Gasteiger partial charge in [-0.1, -0.05) is 30.3 Å². The van der Waals surface area contributed by atoms with Crippen LogP contribution in [-0.4, -0.2) is 35.9 Å². The molecule has 2 amide bonds. The molecule has 0 saturated carbocycles. The number of fused-ring (bicyclic) bond motifs is 1. The highest BCUT2D eigenvalue weighted by molar-refractivity contribution is 6.10. The number of hydrogen-bond donors (Lipinski definition) is 3. The summed E-state index contributed by atoms with van der Waals surface area (Å²) < 4.78 is 0. The summed E-state index contributed by atoms with van der Waals surface area (Å²) in [6.07, 6.45) is 1.86. The molecule has 134 valence electrons. The molecule has 0 unspecified atom stereocenters. The molecule has 6 heteroatoms. The van der Waals surface area contributed by atoms with Gasteiger partial charge in [0.25, 0.3) is 0 Å². The Kier molecular flexibility index (Phi) is 5.76. The highest BCUT2D eigenvalue weighted by Crippen LogP contribution is 2.27. The van der Waals surface area contributed by atoms with E-state index in [4.69, 9.17) is 5.11 Å². The third-order valence-electron chi connectivity index (χ3n) is 4.12. The molecule has 0 atom stereocenters. The standard InChI is InChI=1S/C20H21N3O3/c24-11-5-4-10-21-20(26)23-18-13-16-12-15(8-9-17(16)22-18)19(25)14-6-2-1-3-7-14/h1-3,6-9,12,24H,4-5,10-11,13H2,(H2,21,22,23,26). The number of unbranched alkanes of at least 4 members (excludes halogenated alkanes) is 1.